The third kappa shape index (κ3) is 6.45. The zero-order valence-electron chi connectivity index (χ0n) is 13.9. The van der Waals surface area contributed by atoms with Crippen molar-refractivity contribution in [2.45, 2.75) is 13.0 Å². The Hall–Kier alpha value is -3.06. The average Bonchev–Trinajstić information content (AvgIpc) is 2.61. The van der Waals surface area contributed by atoms with E-state index in [2.05, 4.69) is 10.5 Å². The summed E-state index contributed by atoms with van der Waals surface area (Å²) in [6.07, 6.45) is 0.509. The Morgan fingerprint density at radius 2 is 1.96 bits per heavy atom. The molecule has 0 aliphatic heterocycles. The van der Waals surface area contributed by atoms with Crippen LogP contribution in [0.15, 0.2) is 53.6 Å². The van der Waals surface area contributed by atoms with Crippen molar-refractivity contribution in [3.63, 3.8) is 0 Å². The van der Waals surface area contributed by atoms with E-state index in [1.165, 1.54) is 13.1 Å². The van der Waals surface area contributed by atoms with E-state index in [9.17, 15) is 9.59 Å². The van der Waals surface area contributed by atoms with Crippen molar-refractivity contribution in [3.05, 3.63) is 59.1 Å². The normalized spacial score (nSPS) is 11.8. The molecule has 0 saturated carbocycles. The Morgan fingerprint density at radius 3 is 2.62 bits per heavy atom. The highest BCUT2D eigenvalue weighted by Crippen LogP contribution is 2.16. The molecule has 2 rings (SSSR count). The van der Waals surface area contributed by atoms with Gasteiger partial charge in [0, 0.05) is 5.02 Å². The summed E-state index contributed by atoms with van der Waals surface area (Å²) in [4.78, 5) is 22.4. The second kappa shape index (κ2) is 9.43. The standard InChI is InChI=1S/C18H17ClN2O5/c1-12(18(23)24)26-15-7-5-13(6-8-15)10-20-21-17(22)11-25-16-4-2-3-14(19)9-16/h2-10,12H,11H2,1H3,(H,21,22)(H,23,24)/b20-10+/t12-/m0/s1. The smallest absolute Gasteiger partial charge is 0.344 e. The topological polar surface area (TPSA) is 97.2 Å². The number of hydrogen-bond acceptors (Lipinski definition) is 5. The van der Waals surface area contributed by atoms with E-state index in [1.807, 2.05) is 0 Å². The van der Waals surface area contributed by atoms with Gasteiger partial charge in [-0.25, -0.2) is 10.2 Å². The van der Waals surface area contributed by atoms with Crippen LogP contribution in [0.2, 0.25) is 5.02 Å². The first kappa shape index (κ1) is 19.3. The van der Waals surface area contributed by atoms with Crippen molar-refractivity contribution < 1.29 is 24.2 Å². The molecule has 0 heterocycles. The number of halogens is 1. The number of hydrogen-bond donors (Lipinski definition) is 2. The Kier molecular flexibility index (Phi) is 6.99. The second-order valence-corrected chi connectivity index (χ2v) is 5.64. The number of nitrogens with zero attached hydrogens (tertiary/aromatic N) is 1. The predicted octanol–water partition coefficient (Wildman–Crippen LogP) is 2.72. The van der Waals surface area contributed by atoms with Gasteiger partial charge in [0.1, 0.15) is 11.5 Å². The van der Waals surface area contributed by atoms with E-state index in [1.54, 1.807) is 48.5 Å². The van der Waals surface area contributed by atoms with E-state index in [4.69, 9.17) is 26.2 Å². The van der Waals surface area contributed by atoms with E-state index < -0.39 is 18.0 Å². The zero-order valence-corrected chi connectivity index (χ0v) is 14.6. The molecule has 1 amide bonds. The Labute approximate surface area is 155 Å². The predicted molar refractivity (Wildman–Crippen MR) is 96.9 cm³/mol. The van der Waals surface area contributed by atoms with Crippen LogP contribution >= 0.6 is 11.6 Å². The summed E-state index contributed by atoms with van der Waals surface area (Å²) in [6, 6.07) is 13.3. The number of carboxylic acids is 1. The van der Waals surface area contributed by atoms with Crippen LogP contribution in [-0.4, -0.2) is 35.9 Å². The zero-order chi connectivity index (χ0) is 18.9. The maximum Gasteiger partial charge on any atom is 0.344 e. The third-order valence-corrected chi connectivity index (χ3v) is 3.34. The summed E-state index contributed by atoms with van der Waals surface area (Å²) >= 11 is 5.82. The fraction of sp³-hybridized carbons (Fsp3) is 0.167. The first-order chi connectivity index (χ1) is 12.4. The molecule has 0 aliphatic rings. The second-order valence-electron chi connectivity index (χ2n) is 5.21. The van der Waals surface area contributed by atoms with Gasteiger partial charge in [0.05, 0.1) is 6.21 Å². The summed E-state index contributed by atoms with van der Waals surface area (Å²) in [5.41, 5.74) is 3.05. The number of hydrazone groups is 1. The molecule has 0 fully saturated rings. The van der Waals surface area contributed by atoms with Crippen molar-refractivity contribution in [3.8, 4) is 11.5 Å². The molecule has 0 bridgehead atoms. The number of rotatable bonds is 8. The van der Waals surface area contributed by atoms with Gasteiger partial charge in [-0.2, -0.15) is 5.10 Å². The van der Waals surface area contributed by atoms with Gasteiger partial charge < -0.3 is 14.6 Å². The molecule has 0 saturated heterocycles. The van der Waals surface area contributed by atoms with Gasteiger partial charge in [0.15, 0.2) is 12.7 Å². The monoisotopic (exact) mass is 376 g/mol. The fourth-order valence-corrected chi connectivity index (χ4v) is 1.98. The lowest BCUT2D eigenvalue weighted by molar-refractivity contribution is -0.144. The van der Waals surface area contributed by atoms with E-state index in [-0.39, 0.29) is 6.61 Å². The molecule has 8 heteroatoms. The number of nitrogens with one attached hydrogen (secondary N) is 1. The average molecular weight is 377 g/mol. The number of carbonyl (C=O) groups excluding carboxylic acids is 1. The van der Waals surface area contributed by atoms with Crippen molar-refractivity contribution in [1.82, 2.24) is 5.43 Å². The first-order valence-electron chi connectivity index (χ1n) is 7.64. The first-order valence-corrected chi connectivity index (χ1v) is 8.01. The third-order valence-electron chi connectivity index (χ3n) is 3.11. The van der Waals surface area contributed by atoms with Crippen LogP contribution in [0.4, 0.5) is 0 Å². The van der Waals surface area contributed by atoms with Crippen molar-refractivity contribution in [2.24, 2.45) is 5.10 Å². The van der Waals surface area contributed by atoms with Crippen molar-refractivity contribution in [1.29, 1.82) is 0 Å². The minimum atomic E-state index is -1.04. The van der Waals surface area contributed by atoms with Crippen LogP contribution in [0.3, 0.4) is 0 Å². The molecule has 0 spiro atoms. The van der Waals surface area contributed by atoms with Crippen molar-refractivity contribution >= 4 is 29.7 Å². The summed E-state index contributed by atoms with van der Waals surface area (Å²) in [5.74, 6) is -0.548. The lowest BCUT2D eigenvalue weighted by atomic mass is 10.2. The summed E-state index contributed by atoms with van der Waals surface area (Å²) in [6.45, 7) is 1.25. The highest BCUT2D eigenvalue weighted by molar-refractivity contribution is 6.30. The maximum atomic E-state index is 11.7. The fourth-order valence-electron chi connectivity index (χ4n) is 1.80. The summed E-state index contributed by atoms with van der Waals surface area (Å²) < 4.78 is 10.5. The molecular weight excluding hydrogens is 360 g/mol. The molecule has 2 aromatic rings. The summed E-state index contributed by atoms with van der Waals surface area (Å²) in [5, 5.41) is 13.1. The van der Waals surface area contributed by atoms with Crippen LogP contribution in [0.1, 0.15) is 12.5 Å². The molecule has 2 aromatic carbocycles. The Bertz CT molecular complexity index is 792. The minimum absolute atomic E-state index is 0.197. The highest BCUT2D eigenvalue weighted by atomic mass is 35.5. The van der Waals surface area contributed by atoms with Crippen molar-refractivity contribution in [2.75, 3.05) is 6.61 Å². The number of ether oxygens (including phenoxy) is 2. The minimum Gasteiger partial charge on any atom is -0.484 e. The molecular formula is C18H17ClN2O5. The number of carboxylic acid groups (broad SMARTS) is 1. The van der Waals surface area contributed by atoms with E-state index in [0.717, 1.165) is 0 Å². The van der Waals surface area contributed by atoms with Gasteiger partial charge in [0.25, 0.3) is 5.91 Å². The molecule has 136 valence electrons. The van der Waals surface area contributed by atoms with Gasteiger partial charge in [-0.1, -0.05) is 17.7 Å². The van der Waals surface area contributed by atoms with Gasteiger partial charge >= 0.3 is 5.97 Å². The van der Waals surface area contributed by atoms with Gasteiger partial charge in [0.2, 0.25) is 0 Å². The molecule has 2 N–H and O–H groups in total. The number of carbonyl (C=O) groups is 2. The largest absolute Gasteiger partial charge is 0.484 e. The quantitative estimate of drug-likeness (QED) is 0.545. The van der Waals surface area contributed by atoms with Crippen LogP contribution in [-0.2, 0) is 9.59 Å². The molecule has 26 heavy (non-hydrogen) atoms. The Morgan fingerprint density at radius 1 is 1.23 bits per heavy atom. The number of amides is 1. The van der Waals surface area contributed by atoms with Crippen LogP contribution in [0.25, 0.3) is 0 Å². The molecule has 0 aromatic heterocycles. The van der Waals surface area contributed by atoms with Gasteiger partial charge in [-0.15, -0.1) is 0 Å². The number of benzene rings is 2. The molecule has 0 aliphatic carbocycles. The molecule has 7 nitrogen and oxygen atoms in total. The van der Waals surface area contributed by atoms with E-state index >= 15 is 0 Å². The van der Waals surface area contributed by atoms with Crippen LogP contribution < -0.4 is 14.9 Å². The van der Waals surface area contributed by atoms with Gasteiger partial charge in [-0.05, 0) is 55.0 Å². The lowest BCUT2D eigenvalue weighted by Crippen LogP contribution is -2.24. The molecule has 0 radical (unpaired) electrons. The molecule has 0 unspecified atom stereocenters. The lowest BCUT2D eigenvalue weighted by Gasteiger charge is -2.09. The highest BCUT2D eigenvalue weighted by Gasteiger charge is 2.11. The maximum absolute atomic E-state index is 11.7. The Balaban J connectivity index is 1.78. The summed E-state index contributed by atoms with van der Waals surface area (Å²) in [7, 11) is 0. The van der Waals surface area contributed by atoms with Crippen LogP contribution in [0, 0.1) is 0 Å². The number of aliphatic carboxylic acids is 1. The SMILES string of the molecule is C[C@H](Oc1ccc(/C=N/NC(=O)COc2cccc(Cl)c2)cc1)C(=O)O. The molecule has 1 atom stereocenters. The van der Waals surface area contributed by atoms with E-state index in [0.29, 0.717) is 22.1 Å². The van der Waals surface area contributed by atoms with Crippen LogP contribution in [0.5, 0.6) is 11.5 Å². The van der Waals surface area contributed by atoms with Gasteiger partial charge in [-0.3, -0.25) is 4.79 Å².